The maximum atomic E-state index is 11.2. The molecule has 4 nitrogen and oxygen atoms in total. The summed E-state index contributed by atoms with van der Waals surface area (Å²) in [4.78, 5) is 15.5. The Morgan fingerprint density at radius 2 is 2.10 bits per heavy atom. The van der Waals surface area contributed by atoms with Crippen molar-refractivity contribution in [2.24, 2.45) is 0 Å². The molecule has 0 unspecified atom stereocenters. The van der Waals surface area contributed by atoms with Crippen molar-refractivity contribution in [2.75, 3.05) is 0 Å². The molecule has 0 atom stereocenters. The smallest absolute Gasteiger partial charge is 0.338 e. The number of aromatic carboxylic acids is 1. The number of rotatable bonds is 2. The molecular formula is C15H10ClNO3. The number of aromatic nitrogens is 1. The summed E-state index contributed by atoms with van der Waals surface area (Å²) in [6.45, 7) is 1.90. The van der Waals surface area contributed by atoms with Gasteiger partial charge in [0.15, 0.2) is 5.58 Å². The van der Waals surface area contributed by atoms with Crippen molar-refractivity contribution < 1.29 is 14.3 Å². The summed E-state index contributed by atoms with van der Waals surface area (Å²) in [5.41, 5.74) is 2.64. The molecule has 3 aromatic rings. The summed E-state index contributed by atoms with van der Waals surface area (Å²) in [6, 6.07) is 10.2. The fourth-order valence-electron chi connectivity index (χ4n) is 2.10. The number of hydrogen-bond donors (Lipinski definition) is 1. The van der Waals surface area contributed by atoms with Gasteiger partial charge in [0.05, 0.1) is 5.56 Å². The Bertz CT molecular complexity index is 823. The zero-order chi connectivity index (χ0) is 14.3. The summed E-state index contributed by atoms with van der Waals surface area (Å²) >= 11 is 5.92. The molecule has 100 valence electrons. The number of halogens is 1. The Morgan fingerprint density at radius 1 is 1.30 bits per heavy atom. The number of hydrogen-bond acceptors (Lipinski definition) is 3. The van der Waals surface area contributed by atoms with Gasteiger partial charge < -0.3 is 9.52 Å². The van der Waals surface area contributed by atoms with Crippen LogP contribution in [0.25, 0.3) is 22.6 Å². The number of carbonyl (C=O) groups is 1. The molecule has 0 aliphatic carbocycles. The lowest BCUT2D eigenvalue weighted by Crippen LogP contribution is -1.96. The van der Waals surface area contributed by atoms with Crippen LogP contribution in [0.4, 0.5) is 0 Å². The molecule has 0 aliphatic heterocycles. The number of fused-ring (bicyclic) bond motifs is 1. The molecule has 0 aliphatic rings. The Balaban J connectivity index is 2.23. The quantitative estimate of drug-likeness (QED) is 0.769. The van der Waals surface area contributed by atoms with Crippen LogP contribution in [0.5, 0.6) is 0 Å². The van der Waals surface area contributed by atoms with Crippen LogP contribution >= 0.6 is 11.6 Å². The van der Waals surface area contributed by atoms with Crippen LogP contribution < -0.4 is 0 Å². The van der Waals surface area contributed by atoms with Crippen molar-refractivity contribution >= 4 is 28.7 Å². The van der Waals surface area contributed by atoms with E-state index in [1.54, 1.807) is 18.2 Å². The molecule has 2 aromatic carbocycles. The zero-order valence-corrected chi connectivity index (χ0v) is 11.3. The van der Waals surface area contributed by atoms with Gasteiger partial charge in [-0.1, -0.05) is 17.7 Å². The third-order valence-corrected chi connectivity index (χ3v) is 3.30. The summed E-state index contributed by atoms with van der Waals surface area (Å²) in [7, 11) is 0. The minimum atomic E-state index is -1.02. The Labute approximate surface area is 119 Å². The second-order valence-corrected chi connectivity index (χ2v) is 4.87. The van der Waals surface area contributed by atoms with E-state index in [-0.39, 0.29) is 5.56 Å². The Morgan fingerprint density at radius 3 is 2.80 bits per heavy atom. The minimum Gasteiger partial charge on any atom is -0.478 e. The summed E-state index contributed by atoms with van der Waals surface area (Å²) < 4.78 is 5.65. The predicted molar refractivity (Wildman–Crippen MR) is 76.2 cm³/mol. The molecule has 3 rings (SSSR count). The molecule has 0 spiro atoms. The first-order valence-corrected chi connectivity index (χ1v) is 6.33. The summed E-state index contributed by atoms with van der Waals surface area (Å²) in [5, 5.41) is 9.79. The number of aryl methyl sites for hydroxylation is 1. The average Bonchev–Trinajstić information content (AvgIpc) is 2.81. The predicted octanol–water partition coefficient (Wildman–Crippen LogP) is 4.15. The van der Waals surface area contributed by atoms with E-state index in [4.69, 9.17) is 21.1 Å². The number of carboxylic acid groups (broad SMARTS) is 1. The lowest BCUT2D eigenvalue weighted by molar-refractivity contribution is 0.0699. The van der Waals surface area contributed by atoms with Crippen LogP contribution in [-0.2, 0) is 0 Å². The number of oxazole rings is 1. The maximum Gasteiger partial charge on any atom is 0.338 e. The Kier molecular flexibility index (Phi) is 2.95. The summed E-state index contributed by atoms with van der Waals surface area (Å²) in [6.07, 6.45) is 0. The van der Waals surface area contributed by atoms with Crippen molar-refractivity contribution in [3.05, 3.63) is 52.5 Å². The largest absolute Gasteiger partial charge is 0.478 e. The van der Waals surface area contributed by atoms with E-state index in [1.165, 1.54) is 6.07 Å². The van der Waals surface area contributed by atoms with Gasteiger partial charge in [-0.2, -0.15) is 0 Å². The standard InChI is InChI=1S/C15H10ClNO3/c1-8-7-9(16)5-6-10(8)14-17-13-11(15(18)19)3-2-4-12(13)20-14/h2-7H,1H3,(H,18,19). The third kappa shape index (κ3) is 2.04. The molecular weight excluding hydrogens is 278 g/mol. The monoisotopic (exact) mass is 287 g/mol. The highest BCUT2D eigenvalue weighted by atomic mass is 35.5. The average molecular weight is 288 g/mol. The van der Waals surface area contributed by atoms with Gasteiger partial charge in [-0.25, -0.2) is 9.78 Å². The van der Waals surface area contributed by atoms with Gasteiger partial charge in [-0.15, -0.1) is 0 Å². The molecule has 1 N–H and O–H groups in total. The fraction of sp³-hybridized carbons (Fsp3) is 0.0667. The van der Waals surface area contributed by atoms with Crippen LogP contribution in [0, 0.1) is 6.92 Å². The van der Waals surface area contributed by atoms with E-state index in [0.717, 1.165) is 11.1 Å². The van der Waals surface area contributed by atoms with E-state index in [9.17, 15) is 4.79 Å². The molecule has 0 bridgehead atoms. The van der Waals surface area contributed by atoms with Gasteiger partial charge in [0.25, 0.3) is 0 Å². The second-order valence-electron chi connectivity index (χ2n) is 4.44. The maximum absolute atomic E-state index is 11.2. The van der Waals surface area contributed by atoms with E-state index < -0.39 is 5.97 Å². The zero-order valence-electron chi connectivity index (χ0n) is 10.6. The van der Waals surface area contributed by atoms with Crippen molar-refractivity contribution in [3.63, 3.8) is 0 Å². The van der Waals surface area contributed by atoms with E-state index in [2.05, 4.69) is 4.98 Å². The van der Waals surface area contributed by atoms with Gasteiger partial charge in [0.1, 0.15) is 5.52 Å². The summed E-state index contributed by atoms with van der Waals surface area (Å²) in [5.74, 6) is -0.633. The van der Waals surface area contributed by atoms with E-state index >= 15 is 0 Å². The van der Waals surface area contributed by atoms with Crippen LogP contribution in [0.2, 0.25) is 5.02 Å². The molecule has 1 aromatic heterocycles. The number of benzene rings is 2. The fourth-order valence-corrected chi connectivity index (χ4v) is 2.33. The van der Waals surface area contributed by atoms with Gasteiger partial charge in [0, 0.05) is 10.6 Å². The normalized spacial score (nSPS) is 10.9. The number of nitrogens with zero attached hydrogens (tertiary/aromatic N) is 1. The van der Waals surface area contributed by atoms with Crippen molar-refractivity contribution in [3.8, 4) is 11.5 Å². The van der Waals surface area contributed by atoms with Crippen molar-refractivity contribution in [1.29, 1.82) is 0 Å². The first-order valence-electron chi connectivity index (χ1n) is 5.95. The molecule has 0 saturated carbocycles. The highest BCUT2D eigenvalue weighted by Gasteiger charge is 2.16. The third-order valence-electron chi connectivity index (χ3n) is 3.07. The van der Waals surface area contributed by atoms with Crippen LogP contribution in [-0.4, -0.2) is 16.1 Å². The number of carboxylic acids is 1. The SMILES string of the molecule is Cc1cc(Cl)ccc1-c1nc2c(C(=O)O)cccc2o1. The van der Waals surface area contributed by atoms with Gasteiger partial charge >= 0.3 is 5.97 Å². The van der Waals surface area contributed by atoms with Crippen LogP contribution in [0.1, 0.15) is 15.9 Å². The number of para-hydroxylation sites is 1. The van der Waals surface area contributed by atoms with Gasteiger partial charge in [-0.3, -0.25) is 0 Å². The first-order chi connectivity index (χ1) is 9.56. The Hall–Kier alpha value is -2.33. The molecule has 0 amide bonds. The molecule has 0 radical (unpaired) electrons. The lowest BCUT2D eigenvalue weighted by Gasteiger charge is -2.00. The molecule has 5 heteroatoms. The minimum absolute atomic E-state index is 0.129. The molecule has 1 heterocycles. The van der Waals surface area contributed by atoms with Crippen molar-refractivity contribution in [2.45, 2.75) is 6.92 Å². The van der Waals surface area contributed by atoms with E-state index in [0.29, 0.717) is 22.0 Å². The van der Waals surface area contributed by atoms with Gasteiger partial charge in [-0.05, 0) is 42.8 Å². The highest BCUT2D eigenvalue weighted by Crippen LogP contribution is 2.29. The topological polar surface area (TPSA) is 63.3 Å². The van der Waals surface area contributed by atoms with Crippen molar-refractivity contribution in [1.82, 2.24) is 4.98 Å². The lowest BCUT2D eigenvalue weighted by atomic mass is 10.1. The second kappa shape index (κ2) is 4.65. The van der Waals surface area contributed by atoms with Gasteiger partial charge in [0.2, 0.25) is 5.89 Å². The van der Waals surface area contributed by atoms with E-state index in [1.807, 2.05) is 19.1 Å². The molecule has 20 heavy (non-hydrogen) atoms. The van der Waals surface area contributed by atoms with Crippen LogP contribution in [0.3, 0.4) is 0 Å². The highest BCUT2D eigenvalue weighted by molar-refractivity contribution is 6.30. The molecule has 0 fully saturated rings. The first kappa shape index (κ1) is 12.7. The van der Waals surface area contributed by atoms with Crippen LogP contribution in [0.15, 0.2) is 40.8 Å². The molecule has 0 saturated heterocycles.